The smallest absolute Gasteiger partial charge is 0.144 e. The fraction of sp³-hybridized carbons (Fsp3) is 0.214. The number of methoxy groups -OCH3 is 1. The van der Waals surface area contributed by atoms with E-state index in [0.29, 0.717) is 12.4 Å². The van der Waals surface area contributed by atoms with Gasteiger partial charge in [-0.1, -0.05) is 18.2 Å². The Bertz CT molecular complexity index is 544. The Morgan fingerprint density at radius 2 is 2.05 bits per heavy atom. The first kappa shape index (κ1) is 13.2. The topological polar surface area (TPSA) is 63.4 Å². The minimum absolute atomic E-state index is 0.684. The molecule has 2 rings (SSSR count). The number of hydrogen-bond acceptors (Lipinski definition) is 5. The summed E-state index contributed by atoms with van der Waals surface area (Å²) in [5.41, 5.74) is 4.66. The lowest BCUT2D eigenvalue weighted by Gasteiger charge is -2.22. The van der Waals surface area contributed by atoms with Crippen molar-refractivity contribution in [1.29, 1.82) is 0 Å². The van der Waals surface area contributed by atoms with Crippen LogP contribution in [-0.2, 0) is 6.54 Å². The van der Waals surface area contributed by atoms with Crippen LogP contribution in [0.4, 0.5) is 11.5 Å². The lowest BCUT2D eigenvalue weighted by atomic mass is 10.2. The number of nitrogens with two attached hydrogens (primary N) is 1. The molecular formula is C14H18N4O. The molecule has 1 aromatic heterocycles. The fourth-order valence-electron chi connectivity index (χ4n) is 1.98. The van der Waals surface area contributed by atoms with Gasteiger partial charge >= 0.3 is 0 Å². The van der Waals surface area contributed by atoms with Crippen LogP contribution in [-0.4, -0.2) is 19.1 Å². The van der Waals surface area contributed by atoms with E-state index in [4.69, 9.17) is 10.6 Å². The third-order valence-corrected chi connectivity index (χ3v) is 2.93. The van der Waals surface area contributed by atoms with Crippen LogP contribution in [0.5, 0.6) is 5.75 Å². The molecule has 0 fully saturated rings. The number of pyridine rings is 1. The Morgan fingerprint density at radius 3 is 2.79 bits per heavy atom. The number of benzene rings is 1. The maximum absolute atomic E-state index is 5.47. The minimum Gasteiger partial charge on any atom is -0.495 e. The first-order valence-corrected chi connectivity index (χ1v) is 6.01. The lowest BCUT2D eigenvalue weighted by Crippen LogP contribution is -2.20. The monoisotopic (exact) mass is 258 g/mol. The van der Waals surface area contributed by atoms with E-state index in [1.807, 2.05) is 43.4 Å². The molecule has 0 unspecified atom stereocenters. The Balaban J connectivity index is 2.23. The summed E-state index contributed by atoms with van der Waals surface area (Å²) >= 11 is 0. The second kappa shape index (κ2) is 6.06. The van der Waals surface area contributed by atoms with Crippen molar-refractivity contribution >= 4 is 11.5 Å². The lowest BCUT2D eigenvalue weighted by molar-refractivity contribution is 0.415. The maximum atomic E-state index is 5.47. The summed E-state index contributed by atoms with van der Waals surface area (Å²) < 4.78 is 5.36. The van der Waals surface area contributed by atoms with E-state index >= 15 is 0 Å². The van der Waals surface area contributed by atoms with Crippen molar-refractivity contribution in [3.8, 4) is 5.75 Å². The number of hydrazine groups is 1. The largest absolute Gasteiger partial charge is 0.495 e. The van der Waals surface area contributed by atoms with Gasteiger partial charge < -0.3 is 15.1 Å². The van der Waals surface area contributed by atoms with Crippen LogP contribution in [0.3, 0.4) is 0 Å². The summed E-state index contributed by atoms with van der Waals surface area (Å²) in [6, 6.07) is 11.8. The number of ether oxygens (including phenoxy) is 1. The number of nitrogens with zero attached hydrogens (tertiary/aromatic N) is 2. The summed E-state index contributed by atoms with van der Waals surface area (Å²) in [6.45, 7) is 0.688. The summed E-state index contributed by atoms with van der Waals surface area (Å²) in [5.74, 6) is 6.99. The van der Waals surface area contributed by atoms with Gasteiger partial charge in [0, 0.05) is 25.4 Å². The zero-order chi connectivity index (χ0) is 13.7. The molecular weight excluding hydrogens is 240 g/mol. The molecule has 5 heteroatoms. The van der Waals surface area contributed by atoms with Gasteiger partial charge in [-0.15, -0.1) is 0 Å². The van der Waals surface area contributed by atoms with Gasteiger partial charge in [-0.2, -0.15) is 0 Å². The van der Waals surface area contributed by atoms with E-state index in [2.05, 4.69) is 15.3 Å². The Hall–Kier alpha value is -2.27. The second-order valence-electron chi connectivity index (χ2n) is 4.18. The molecule has 0 aliphatic heterocycles. The second-order valence-corrected chi connectivity index (χ2v) is 4.18. The standard InChI is InChI=1S/C14H18N4O/c1-18(12-7-3-4-8-13(12)19-2)10-11-6-5-9-16-14(11)17-15/h3-9H,10,15H2,1-2H3,(H,16,17). The van der Waals surface area contributed by atoms with E-state index < -0.39 is 0 Å². The minimum atomic E-state index is 0.684. The van der Waals surface area contributed by atoms with Crippen LogP contribution in [0.1, 0.15) is 5.56 Å². The third-order valence-electron chi connectivity index (χ3n) is 2.93. The molecule has 0 atom stereocenters. The van der Waals surface area contributed by atoms with E-state index in [0.717, 1.165) is 17.0 Å². The van der Waals surface area contributed by atoms with Gasteiger partial charge in [0.2, 0.25) is 0 Å². The number of rotatable bonds is 5. The van der Waals surface area contributed by atoms with Crippen molar-refractivity contribution in [3.05, 3.63) is 48.2 Å². The molecule has 2 aromatic rings. The van der Waals surface area contributed by atoms with Gasteiger partial charge in [-0.05, 0) is 18.2 Å². The van der Waals surface area contributed by atoms with Gasteiger partial charge in [-0.3, -0.25) is 0 Å². The molecule has 0 bridgehead atoms. The average molecular weight is 258 g/mol. The highest BCUT2D eigenvalue weighted by Crippen LogP contribution is 2.28. The number of anilines is 2. The first-order valence-electron chi connectivity index (χ1n) is 6.01. The van der Waals surface area contributed by atoms with Crippen LogP contribution in [0.2, 0.25) is 0 Å². The average Bonchev–Trinajstić information content (AvgIpc) is 2.47. The van der Waals surface area contributed by atoms with Crippen molar-refractivity contribution < 1.29 is 4.74 Å². The number of hydrogen-bond donors (Lipinski definition) is 2. The van der Waals surface area contributed by atoms with Crippen LogP contribution in [0.15, 0.2) is 42.6 Å². The van der Waals surface area contributed by atoms with Gasteiger partial charge in [0.25, 0.3) is 0 Å². The fourth-order valence-corrected chi connectivity index (χ4v) is 1.98. The molecule has 0 saturated heterocycles. The van der Waals surface area contributed by atoms with Crippen LogP contribution in [0.25, 0.3) is 0 Å². The van der Waals surface area contributed by atoms with Crippen molar-refractivity contribution in [3.63, 3.8) is 0 Å². The number of aromatic nitrogens is 1. The van der Waals surface area contributed by atoms with Gasteiger partial charge in [0.15, 0.2) is 0 Å². The SMILES string of the molecule is COc1ccccc1N(C)Cc1cccnc1NN. The van der Waals surface area contributed by atoms with Crippen molar-refractivity contribution in [2.45, 2.75) is 6.54 Å². The molecule has 3 N–H and O–H groups in total. The maximum Gasteiger partial charge on any atom is 0.144 e. The van der Waals surface area contributed by atoms with Gasteiger partial charge in [0.1, 0.15) is 11.6 Å². The molecule has 1 aromatic carbocycles. The number of nitrogen functional groups attached to an aromatic ring is 1. The van der Waals surface area contributed by atoms with E-state index in [1.165, 1.54) is 0 Å². The normalized spacial score (nSPS) is 10.1. The highest BCUT2D eigenvalue weighted by Gasteiger charge is 2.10. The zero-order valence-corrected chi connectivity index (χ0v) is 11.1. The van der Waals surface area contributed by atoms with Crippen LogP contribution < -0.4 is 20.9 Å². The predicted octanol–water partition coefficient (Wildman–Crippen LogP) is 2.01. The third kappa shape index (κ3) is 2.95. The van der Waals surface area contributed by atoms with Crippen molar-refractivity contribution in [2.75, 3.05) is 24.5 Å². The molecule has 100 valence electrons. The number of para-hydroxylation sites is 2. The van der Waals surface area contributed by atoms with Crippen LogP contribution >= 0.6 is 0 Å². The summed E-state index contributed by atoms with van der Waals surface area (Å²) in [4.78, 5) is 6.29. The molecule has 0 saturated carbocycles. The Labute approximate surface area is 113 Å². The van der Waals surface area contributed by atoms with Gasteiger partial charge in [0.05, 0.1) is 12.8 Å². The summed E-state index contributed by atoms with van der Waals surface area (Å²) in [5, 5.41) is 0. The zero-order valence-electron chi connectivity index (χ0n) is 11.1. The molecule has 1 heterocycles. The molecule has 0 spiro atoms. The van der Waals surface area contributed by atoms with E-state index in [1.54, 1.807) is 13.3 Å². The number of nitrogens with one attached hydrogen (secondary N) is 1. The van der Waals surface area contributed by atoms with Crippen molar-refractivity contribution in [1.82, 2.24) is 4.98 Å². The highest BCUT2D eigenvalue weighted by molar-refractivity contribution is 5.59. The molecule has 5 nitrogen and oxygen atoms in total. The van der Waals surface area contributed by atoms with E-state index in [9.17, 15) is 0 Å². The Kier molecular flexibility index (Phi) is 4.20. The molecule has 0 aliphatic carbocycles. The molecule has 19 heavy (non-hydrogen) atoms. The van der Waals surface area contributed by atoms with Crippen LogP contribution in [0, 0.1) is 0 Å². The first-order chi connectivity index (χ1) is 9.26. The molecule has 0 radical (unpaired) electrons. The predicted molar refractivity (Wildman–Crippen MR) is 77.1 cm³/mol. The quantitative estimate of drug-likeness (QED) is 0.634. The Morgan fingerprint density at radius 1 is 1.26 bits per heavy atom. The molecule has 0 amide bonds. The van der Waals surface area contributed by atoms with Gasteiger partial charge in [-0.25, -0.2) is 10.8 Å². The summed E-state index contributed by atoms with van der Waals surface area (Å²) in [6.07, 6.45) is 1.71. The summed E-state index contributed by atoms with van der Waals surface area (Å²) in [7, 11) is 3.68. The molecule has 0 aliphatic rings. The highest BCUT2D eigenvalue weighted by atomic mass is 16.5. The van der Waals surface area contributed by atoms with Crippen molar-refractivity contribution in [2.24, 2.45) is 5.84 Å². The van der Waals surface area contributed by atoms with E-state index in [-0.39, 0.29) is 0 Å².